The number of aromatic nitrogens is 2. The van der Waals surface area contributed by atoms with Crippen molar-refractivity contribution in [1.82, 2.24) is 9.97 Å². The predicted molar refractivity (Wildman–Crippen MR) is 115 cm³/mol. The van der Waals surface area contributed by atoms with Crippen LogP contribution < -0.4 is 5.32 Å². The number of thiophene rings is 1. The highest BCUT2D eigenvalue weighted by molar-refractivity contribution is 9.10. The molecule has 2 aromatic heterocycles. The van der Waals surface area contributed by atoms with E-state index in [1.165, 1.54) is 16.0 Å². The van der Waals surface area contributed by atoms with Gasteiger partial charge in [0, 0.05) is 25.6 Å². The third kappa shape index (κ3) is 3.34. The minimum absolute atomic E-state index is 0.688. The van der Waals surface area contributed by atoms with E-state index in [4.69, 9.17) is 11.6 Å². The normalized spacial score (nSPS) is 11.0. The van der Waals surface area contributed by atoms with Crippen LogP contribution in [0.4, 0.5) is 11.5 Å². The van der Waals surface area contributed by atoms with Crippen molar-refractivity contribution in [1.29, 1.82) is 0 Å². The summed E-state index contributed by atoms with van der Waals surface area (Å²) in [7, 11) is 0. The van der Waals surface area contributed by atoms with Crippen LogP contribution >= 0.6 is 38.9 Å². The molecular weight excluding hydrogens is 430 g/mol. The summed E-state index contributed by atoms with van der Waals surface area (Å²) in [5, 5.41) is 5.15. The van der Waals surface area contributed by atoms with Gasteiger partial charge in [0.15, 0.2) is 0 Å². The van der Waals surface area contributed by atoms with Gasteiger partial charge in [0.2, 0.25) is 0 Å². The third-order valence-corrected chi connectivity index (χ3v) is 6.11. The Bertz CT molecular complexity index is 1080. The molecule has 2 aromatic carbocycles. The van der Waals surface area contributed by atoms with Crippen LogP contribution in [0.5, 0.6) is 0 Å². The Kier molecular flexibility index (Phi) is 4.94. The first-order chi connectivity index (χ1) is 12.7. The molecule has 4 rings (SSSR count). The largest absolute Gasteiger partial charge is 0.340 e. The quantitative estimate of drug-likeness (QED) is 0.365. The van der Waals surface area contributed by atoms with Crippen molar-refractivity contribution in [3.8, 4) is 11.1 Å². The average Bonchev–Trinajstić information content (AvgIpc) is 3.02. The van der Waals surface area contributed by atoms with Gasteiger partial charge in [-0.15, -0.1) is 11.3 Å². The predicted octanol–water partition coefficient (Wildman–Crippen LogP) is 7.08. The monoisotopic (exact) mass is 443 g/mol. The molecule has 6 heteroatoms. The zero-order chi connectivity index (χ0) is 18.1. The summed E-state index contributed by atoms with van der Waals surface area (Å²) in [4.78, 5) is 11.3. The molecule has 1 N–H and O–H groups in total. The standard InChI is InChI=1S/C20H15BrClN3S/c1-2-16-17(12-6-8-13(21)9-7-12)18-19(23-11-24-20(18)26-16)25-15-5-3-4-14(22)10-15/h3-11H,2H2,1H3,(H,23,24,25). The molecule has 0 saturated heterocycles. The van der Waals surface area contributed by atoms with Crippen LogP contribution in [0.3, 0.4) is 0 Å². The maximum absolute atomic E-state index is 6.12. The van der Waals surface area contributed by atoms with Gasteiger partial charge in [0.1, 0.15) is 17.0 Å². The van der Waals surface area contributed by atoms with E-state index < -0.39 is 0 Å². The molecule has 4 aromatic rings. The summed E-state index contributed by atoms with van der Waals surface area (Å²) in [6, 6.07) is 16.0. The molecule has 0 spiro atoms. The zero-order valence-corrected chi connectivity index (χ0v) is 17.1. The zero-order valence-electron chi connectivity index (χ0n) is 14.0. The van der Waals surface area contributed by atoms with E-state index in [9.17, 15) is 0 Å². The van der Waals surface area contributed by atoms with E-state index in [-0.39, 0.29) is 0 Å². The van der Waals surface area contributed by atoms with Crippen LogP contribution in [-0.2, 0) is 6.42 Å². The van der Waals surface area contributed by atoms with Crippen molar-refractivity contribution in [2.24, 2.45) is 0 Å². The van der Waals surface area contributed by atoms with Gasteiger partial charge in [-0.3, -0.25) is 0 Å². The number of rotatable bonds is 4. The number of nitrogens with zero attached hydrogens (tertiary/aromatic N) is 2. The Morgan fingerprint density at radius 3 is 2.65 bits per heavy atom. The Hall–Kier alpha value is -1.95. The van der Waals surface area contributed by atoms with Crippen LogP contribution in [0.15, 0.2) is 59.3 Å². The molecule has 0 unspecified atom stereocenters. The van der Waals surface area contributed by atoms with E-state index in [1.54, 1.807) is 17.7 Å². The van der Waals surface area contributed by atoms with Gasteiger partial charge in [-0.2, -0.15) is 0 Å². The summed E-state index contributed by atoms with van der Waals surface area (Å²) in [6.07, 6.45) is 2.56. The molecule has 26 heavy (non-hydrogen) atoms. The highest BCUT2D eigenvalue weighted by Crippen LogP contribution is 2.42. The number of hydrogen-bond donors (Lipinski definition) is 1. The topological polar surface area (TPSA) is 37.8 Å². The van der Waals surface area contributed by atoms with Gasteiger partial charge in [-0.25, -0.2) is 9.97 Å². The molecule has 0 aliphatic rings. The van der Waals surface area contributed by atoms with Crippen molar-refractivity contribution in [2.45, 2.75) is 13.3 Å². The fraction of sp³-hybridized carbons (Fsp3) is 0.100. The molecule has 0 amide bonds. The molecule has 0 bridgehead atoms. The van der Waals surface area contributed by atoms with Gasteiger partial charge in [-0.1, -0.05) is 52.7 Å². The van der Waals surface area contributed by atoms with Gasteiger partial charge < -0.3 is 5.32 Å². The van der Waals surface area contributed by atoms with Crippen LogP contribution in [0.1, 0.15) is 11.8 Å². The number of nitrogens with one attached hydrogen (secondary N) is 1. The Morgan fingerprint density at radius 1 is 1.12 bits per heavy atom. The minimum Gasteiger partial charge on any atom is -0.340 e. The summed E-state index contributed by atoms with van der Waals surface area (Å²) in [6.45, 7) is 2.17. The lowest BCUT2D eigenvalue weighted by Gasteiger charge is -2.10. The lowest BCUT2D eigenvalue weighted by Crippen LogP contribution is -1.95. The lowest BCUT2D eigenvalue weighted by molar-refractivity contribution is 1.19. The molecule has 0 fully saturated rings. The SMILES string of the molecule is CCc1sc2ncnc(Nc3cccc(Cl)c3)c2c1-c1ccc(Br)cc1. The fourth-order valence-electron chi connectivity index (χ4n) is 2.95. The second kappa shape index (κ2) is 7.35. The molecule has 0 aliphatic heterocycles. The number of fused-ring (bicyclic) bond motifs is 1. The van der Waals surface area contributed by atoms with Gasteiger partial charge in [0.05, 0.1) is 5.39 Å². The summed E-state index contributed by atoms with van der Waals surface area (Å²) < 4.78 is 1.06. The number of hydrogen-bond acceptors (Lipinski definition) is 4. The third-order valence-electron chi connectivity index (χ3n) is 4.10. The first-order valence-corrected chi connectivity index (χ1v) is 10.2. The van der Waals surface area contributed by atoms with Crippen LogP contribution in [0.2, 0.25) is 5.02 Å². The molecular formula is C20H15BrClN3S. The summed E-state index contributed by atoms with van der Waals surface area (Å²) in [5.74, 6) is 0.797. The Balaban J connectivity index is 1.91. The maximum Gasteiger partial charge on any atom is 0.143 e. The highest BCUT2D eigenvalue weighted by Gasteiger charge is 2.18. The summed E-state index contributed by atoms with van der Waals surface area (Å²) >= 11 is 11.4. The van der Waals surface area contributed by atoms with Gasteiger partial charge in [-0.05, 0) is 42.3 Å². The highest BCUT2D eigenvalue weighted by atomic mass is 79.9. The van der Waals surface area contributed by atoms with Crippen LogP contribution in [-0.4, -0.2) is 9.97 Å². The van der Waals surface area contributed by atoms with E-state index in [1.807, 2.05) is 24.3 Å². The molecule has 2 heterocycles. The molecule has 0 aliphatic carbocycles. The second-order valence-corrected chi connectivity index (χ2v) is 8.23. The van der Waals surface area contributed by atoms with E-state index in [2.05, 4.69) is 62.4 Å². The van der Waals surface area contributed by atoms with Gasteiger partial charge >= 0.3 is 0 Å². The van der Waals surface area contributed by atoms with E-state index in [0.717, 1.165) is 32.6 Å². The first kappa shape index (κ1) is 17.5. The molecule has 0 saturated carbocycles. The van der Waals surface area contributed by atoms with Gasteiger partial charge in [0.25, 0.3) is 0 Å². The van der Waals surface area contributed by atoms with Crippen molar-refractivity contribution < 1.29 is 0 Å². The van der Waals surface area contributed by atoms with Crippen molar-refractivity contribution in [3.05, 3.63) is 69.2 Å². The molecule has 3 nitrogen and oxygen atoms in total. The van der Waals surface area contributed by atoms with E-state index >= 15 is 0 Å². The molecule has 0 atom stereocenters. The first-order valence-electron chi connectivity index (χ1n) is 8.20. The second-order valence-electron chi connectivity index (χ2n) is 5.80. The van der Waals surface area contributed by atoms with Crippen LogP contribution in [0, 0.1) is 0 Å². The Morgan fingerprint density at radius 2 is 1.92 bits per heavy atom. The lowest BCUT2D eigenvalue weighted by atomic mass is 10.0. The molecule has 130 valence electrons. The average molecular weight is 445 g/mol. The smallest absolute Gasteiger partial charge is 0.143 e. The maximum atomic E-state index is 6.12. The van der Waals surface area contributed by atoms with E-state index in [0.29, 0.717) is 5.02 Å². The summed E-state index contributed by atoms with van der Waals surface area (Å²) in [5.41, 5.74) is 3.27. The van der Waals surface area contributed by atoms with Crippen molar-refractivity contribution in [3.63, 3.8) is 0 Å². The number of aryl methyl sites for hydroxylation is 1. The Labute approximate surface area is 169 Å². The number of benzene rings is 2. The van der Waals surface area contributed by atoms with Crippen molar-refractivity contribution in [2.75, 3.05) is 5.32 Å². The number of anilines is 2. The van der Waals surface area contributed by atoms with Crippen molar-refractivity contribution >= 4 is 60.6 Å². The number of halogens is 2. The van der Waals surface area contributed by atoms with Crippen LogP contribution in [0.25, 0.3) is 21.3 Å². The molecule has 0 radical (unpaired) electrons. The minimum atomic E-state index is 0.688. The fourth-order valence-corrected chi connectivity index (χ4v) is 4.50.